The second kappa shape index (κ2) is 6.39. The number of aromatic nitrogens is 2. The summed E-state index contributed by atoms with van der Waals surface area (Å²) in [6.07, 6.45) is 8.29. The number of rotatable bonds is 5. The maximum absolute atomic E-state index is 11.6. The molecule has 1 aliphatic rings. The van der Waals surface area contributed by atoms with Crippen LogP contribution in [0.1, 0.15) is 19.3 Å². The molecule has 0 aromatic carbocycles. The largest absolute Gasteiger partial charge is 0.356 e. The number of amides is 1. The molecule has 1 aliphatic heterocycles. The van der Waals surface area contributed by atoms with Gasteiger partial charge in [0, 0.05) is 31.9 Å². The molecule has 17 heavy (non-hydrogen) atoms. The van der Waals surface area contributed by atoms with Crippen LogP contribution in [-0.2, 0) is 11.3 Å². The summed E-state index contributed by atoms with van der Waals surface area (Å²) in [7, 11) is 0. The van der Waals surface area contributed by atoms with Gasteiger partial charge in [0.1, 0.15) is 0 Å². The van der Waals surface area contributed by atoms with Crippen LogP contribution in [0.5, 0.6) is 0 Å². The molecule has 1 fully saturated rings. The van der Waals surface area contributed by atoms with Crippen LogP contribution < -0.4 is 10.6 Å². The number of carbonyl (C=O) groups excluding carboxylic acids is 1. The molecule has 0 spiro atoms. The zero-order valence-corrected chi connectivity index (χ0v) is 10.1. The van der Waals surface area contributed by atoms with E-state index in [9.17, 15) is 4.79 Å². The van der Waals surface area contributed by atoms with Gasteiger partial charge in [-0.1, -0.05) is 0 Å². The maximum atomic E-state index is 11.6. The van der Waals surface area contributed by atoms with Gasteiger partial charge in [-0.05, 0) is 31.8 Å². The molecular formula is C12H20N4O. The van der Waals surface area contributed by atoms with Crippen LogP contribution in [0.25, 0.3) is 0 Å². The molecule has 0 radical (unpaired) electrons. The van der Waals surface area contributed by atoms with Crippen molar-refractivity contribution in [1.82, 2.24) is 20.2 Å². The van der Waals surface area contributed by atoms with Crippen molar-refractivity contribution >= 4 is 5.91 Å². The van der Waals surface area contributed by atoms with Crippen molar-refractivity contribution in [2.45, 2.75) is 25.8 Å². The first-order valence-electron chi connectivity index (χ1n) is 6.28. The van der Waals surface area contributed by atoms with Crippen molar-refractivity contribution in [3.05, 3.63) is 18.7 Å². The molecule has 2 N–H and O–H groups in total. The monoisotopic (exact) mass is 236 g/mol. The zero-order valence-electron chi connectivity index (χ0n) is 10.1. The Morgan fingerprint density at radius 3 is 3.24 bits per heavy atom. The van der Waals surface area contributed by atoms with E-state index in [0.29, 0.717) is 18.9 Å². The Labute approximate surface area is 102 Å². The predicted molar refractivity (Wildman–Crippen MR) is 65.4 cm³/mol. The predicted octanol–water partition coefficient (Wildman–Crippen LogP) is 0.389. The number of imidazole rings is 1. The third-order valence-corrected chi connectivity index (χ3v) is 3.14. The van der Waals surface area contributed by atoms with Gasteiger partial charge in [0.25, 0.3) is 0 Å². The van der Waals surface area contributed by atoms with Crippen LogP contribution in [-0.4, -0.2) is 35.1 Å². The number of nitrogens with zero attached hydrogens (tertiary/aromatic N) is 2. The lowest BCUT2D eigenvalue weighted by molar-refractivity contribution is -0.121. The van der Waals surface area contributed by atoms with Gasteiger partial charge in [0.2, 0.25) is 5.91 Å². The summed E-state index contributed by atoms with van der Waals surface area (Å²) >= 11 is 0. The van der Waals surface area contributed by atoms with Crippen LogP contribution in [0.2, 0.25) is 0 Å². The van der Waals surface area contributed by atoms with Gasteiger partial charge in [-0.25, -0.2) is 4.98 Å². The van der Waals surface area contributed by atoms with Gasteiger partial charge in [-0.3, -0.25) is 4.79 Å². The Morgan fingerprint density at radius 2 is 2.53 bits per heavy atom. The highest BCUT2D eigenvalue weighted by molar-refractivity contribution is 5.75. The molecular weight excluding hydrogens is 216 g/mol. The minimum absolute atomic E-state index is 0.129. The second-order valence-corrected chi connectivity index (χ2v) is 4.57. The van der Waals surface area contributed by atoms with Gasteiger partial charge in [0.05, 0.1) is 6.33 Å². The van der Waals surface area contributed by atoms with Gasteiger partial charge in [-0.15, -0.1) is 0 Å². The fraction of sp³-hybridized carbons (Fsp3) is 0.667. The molecule has 0 bridgehead atoms. The summed E-state index contributed by atoms with van der Waals surface area (Å²) in [4.78, 5) is 15.6. The van der Waals surface area contributed by atoms with E-state index in [2.05, 4.69) is 15.6 Å². The summed E-state index contributed by atoms with van der Waals surface area (Å²) in [5, 5.41) is 6.35. The van der Waals surface area contributed by atoms with E-state index >= 15 is 0 Å². The highest BCUT2D eigenvalue weighted by atomic mass is 16.1. The average molecular weight is 236 g/mol. The Kier molecular flexibility index (Phi) is 4.55. The molecule has 5 heteroatoms. The van der Waals surface area contributed by atoms with Crippen molar-refractivity contribution in [3.63, 3.8) is 0 Å². The molecule has 94 valence electrons. The molecule has 1 amide bonds. The lowest BCUT2D eigenvalue weighted by Gasteiger charge is -2.22. The van der Waals surface area contributed by atoms with Crippen molar-refractivity contribution < 1.29 is 4.79 Å². The van der Waals surface area contributed by atoms with Crippen LogP contribution in [0.4, 0.5) is 0 Å². The number of nitrogens with one attached hydrogen (secondary N) is 2. The minimum Gasteiger partial charge on any atom is -0.356 e. The fourth-order valence-electron chi connectivity index (χ4n) is 2.09. The SMILES string of the molecule is O=C(CCn1ccnc1)NCC1CCCNC1. The van der Waals surface area contributed by atoms with E-state index in [4.69, 9.17) is 0 Å². The van der Waals surface area contributed by atoms with E-state index in [-0.39, 0.29) is 5.91 Å². The van der Waals surface area contributed by atoms with Crippen molar-refractivity contribution in [3.8, 4) is 0 Å². The molecule has 2 rings (SSSR count). The molecule has 5 nitrogen and oxygen atoms in total. The van der Waals surface area contributed by atoms with Gasteiger partial charge >= 0.3 is 0 Å². The van der Waals surface area contributed by atoms with Crippen molar-refractivity contribution in [1.29, 1.82) is 0 Å². The average Bonchev–Trinajstić information content (AvgIpc) is 2.88. The number of hydrogen-bond donors (Lipinski definition) is 2. The Balaban J connectivity index is 1.60. The van der Waals surface area contributed by atoms with Crippen molar-refractivity contribution in [2.75, 3.05) is 19.6 Å². The second-order valence-electron chi connectivity index (χ2n) is 4.57. The molecule has 2 heterocycles. The smallest absolute Gasteiger partial charge is 0.221 e. The maximum Gasteiger partial charge on any atom is 0.221 e. The first kappa shape index (κ1) is 12.1. The Bertz CT molecular complexity index is 330. The van der Waals surface area contributed by atoms with E-state index in [1.165, 1.54) is 12.8 Å². The summed E-state index contributed by atoms with van der Waals surface area (Å²) in [5.74, 6) is 0.727. The van der Waals surface area contributed by atoms with Crippen LogP contribution >= 0.6 is 0 Å². The highest BCUT2D eigenvalue weighted by Gasteiger charge is 2.13. The summed E-state index contributed by atoms with van der Waals surface area (Å²) in [6.45, 7) is 3.65. The molecule has 0 saturated carbocycles. The zero-order chi connectivity index (χ0) is 11.9. The molecule has 1 atom stereocenters. The van der Waals surface area contributed by atoms with Crippen molar-refractivity contribution in [2.24, 2.45) is 5.92 Å². The van der Waals surface area contributed by atoms with Crippen LogP contribution in [0.15, 0.2) is 18.7 Å². The lowest BCUT2D eigenvalue weighted by atomic mass is 10.00. The number of carbonyl (C=O) groups is 1. The molecule has 1 saturated heterocycles. The van der Waals surface area contributed by atoms with Gasteiger partial charge in [0.15, 0.2) is 0 Å². The molecule has 1 unspecified atom stereocenters. The Hall–Kier alpha value is -1.36. The normalized spacial score (nSPS) is 20.1. The van der Waals surface area contributed by atoms with E-state index in [1.807, 2.05) is 10.8 Å². The van der Waals surface area contributed by atoms with Gasteiger partial charge in [-0.2, -0.15) is 0 Å². The molecule has 0 aliphatic carbocycles. The Morgan fingerprint density at radius 1 is 1.59 bits per heavy atom. The molecule has 1 aromatic rings. The number of piperidine rings is 1. The first-order chi connectivity index (χ1) is 8.34. The minimum atomic E-state index is 0.129. The number of aryl methyl sites for hydroxylation is 1. The van der Waals surface area contributed by atoms with E-state index in [0.717, 1.165) is 19.6 Å². The van der Waals surface area contributed by atoms with Gasteiger partial charge < -0.3 is 15.2 Å². The van der Waals surface area contributed by atoms with Crippen LogP contribution in [0, 0.1) is 5.92 Å². The third kappa shape index (κ3) is 4.19. The summed E-state index contributed by atoms with van der Waals surface area (Å²) < 4.78 is 1.92. The standard InChI is InChI=1S/C12H20N4O/c17-12(3-6-16-7-5-14-10-16)15-9-11-2-1-4-13-8-11/h5,7,10-11,13H,1-4,6,8-9H2,(H,15,17). The van der Waals surface area contributed by atoms with E-state index < -0.39 is 0 Å². The highest BCUT2D eigenvalue weighted by Crippen LogP contribution is 2.08. The first-order valence-corrected chi connectivity index (χ1v) is 6.28. The van der Waals surface area contributed by atoms with E-state index in [1.54, 1.807) is 12.5 Å². The van der Waals surface area contributed by atoms with Crippen LogP contribution in [0.3, 0.4) is 0 Å². The summed E-state index contributed by atoms with van der Waals surface area (Å²) in [5.41, 5.74) is 0. The molecule has 1 aromatic heterocycles. The number of hydrogen-bond acceptors (Lipinski definition) is 3. The quantitative estimate of drug-likeness (QED) is 0.777. The summed E-state index contributed by atoms with van der Waals surface area (Å²) in [6, 6.07) is 0. The third-order valence-electron chi connectivity index (χ3n) is 3.14. The fourth-order valence-corrected chi connectivity index (χ4v) is 2.09. The topological polar surface area (TPSA) is 59.0 Å². The lowest BCUT2D eigenvalue weighted by Crippen LogP contribution is -2.38.